The predicted octanol–water partition coefficient (Wildman–Crippen LogP) is 11.1. The van der Waals surface area contributed by atoms with Crippen molar-refractivity contribution in [2.75, 3.05) is 19.8 Å². The van der Waals surface area contributed by atoms with E-state index in [1.165, 1.54) is 135 Å². The summed E-state index contributed by atoms with van der Waals surface area (Å²) < 4.78 is 32.6. The molecule has 0 heterocycles. The molecule has 0 spiro atoms. The van der Waals surface area contributed by atoms with E-state index < -0.39 is 51.1 Å². The number of rotatable bonds is 41. The largest absolute Gasteiger partial charge is 0.480 e. The van der Waals surface area contributed by atoms with Gasteiger partial charge in [-0.05, 0) is 12.8 Å². The summed E-state index contributed by atoms with van der Waals surface area (Å²) in [6.45, 7) is 2.80. The molecule has 0 fully saturated rings. The number of nitrogens with two attached hydrogens (primary N) is 1. The number of hydrogen-bond donors (Lipinski definition) is 3. The number of phosphoric ester groups is 1. The minimum absolute atomic E-state index is 0.169. The van der Waals surface area contributed by atoms with E-state index in [9.17, 15) is 23.8 Å². The van der Waals surface area contributed by atoms with E-state index in [1.807, 2.05) is 0 Å². The predicted molar refractivity (Wildman–Crippen MR) is 213 cm³/mol. The van der Waals surface area contributed by atoms with Crippen molar-refractivity contribution in [3.05, 3.63) is 0 Å². The lowest BCUT2D eigenvalue weighted by atomic mass is 10.0. The Kier molecular flexibility index (Phi) is 36.3. The van der Waals surface area contributed by atoms with E-state index in [4.69, 9.17) is 24.8 Å². The lowest BCUT2D eigenvalue weighted by molar-refractivity contribution is -0.161. The smallest absolute Gasteiger partial charge is 0.472 e. The minimum atomic E-state index is -4.70. The Balaban J connectivity index is 4.22. The number of esters is 2. The fourth-order valence-corrected chi connectivity index (χ4v) is 6.96. The zero-order valence-corrected chi connectivity index (χ0v) is 34.8. The molecule has 0 amide bonds. The van der Waals surface area contributed by atoms with Crippen LogP contribution < -0.4 is 5.73 Å². The molecule has 0 saturated heterocycles. The van der Waals surface area contributed by atoms with Gasteiger partial charge in [-0.3, -0.25) is 23.4 Å². The Hall–Kier alpha value is -1.52. The van der Waals surface area contributed by atoms with Crippen molar-refractivity contribution in [2.24, 2.45) is 5.73 Å². The van der Waals surface area contributed by atoms with E-state index in [-0.39, 0.29) is 19.4 Å². The molecule has 0 aromatic carbocycles. The molecule has 0 aromatic heterocycles. The highest BCUT2D eigenvalue weighted by Gasteiger charge is 2.28. The van der Waals surface area contributed by atoms with Crippen LogP contribution in [0.25, 0.3) is 0 Å². The van der Waals surface area contributed by atoms with Crippen molar-refractivity contribution in [1.29, 1.82) is 0 Å². The molecule has 53 heavy (non-hydrogen) atoms. The average Bonchev–Trinajstić information content (AvgIpc) is 3.13. The van der Waals surface area contributed by atoms with Crippen molar-refractivity contribution < 1.29 is 47.5 Å². The molecule has 12 heteroatoms. The quantitative estimate of drug-likeness (QED) is 0.0306. The summed E-state index contributed by atoms with van der Waals surface area (Å²) in [5, 5.41) is 8.87. The van der Waals surface area contributed by atoms with Crippen molar-refractivity contribution in [3.63, 3.8) is 0 Å². The molecule has 3 unspecified atom stereocenters. The summed E-state index contributed by atoms with van der Waals surface area (Å²) in [7, 11) is -4.70. The van der Waals surface area contributed by atoms with Crippen molar-refractivity contribution in [2.45, 2.75) is 225 Å². The molecule has 0 saturated carbocycles. The third-order valence-electron chi connectivity index (χ3n) is 9.61. The summed E-state index contributed by atoms with van der Waals surface area (Å²) >= 11 is 0. The Labute approximate surface area is 323 Å². The van der Waals surface area contributed by atoms with Gasteiger partial charge >= 0.3 is 25.7 Å². The van der Waals surface area contributed by atoms with Crippen LogP contribution in [-0.4, -0.2) is 59.9 Å². The number of ether oxygens (including phenoxy) is 2. The number of unbranched alkanes of at least 4 members (excludes halogenated alkanes) is 27. The molecular formula is C41H80NO10P. The average molecular weight is 778 g/mol. The first-order valence-corrected chi connectivity index (χ1v) is 23.1. The normalized spacial score (nSPS) is 13.7. The molecule has 3 atom stereocenters. The fourth-order valence-electron chi connectivity index (χ4n) is 6.18. The summed E-state index contributed by atoms with van der Waals surface area (Å²) in [5.74, 6) is -2.36. The highest BCUT2D eigenvalue weighted by Crippen LogP contribution is 2.43. The van der Waals surface area contributed by atoms with Crippen LogP contribution in [0.1, 0.15) is 213 Å². The number of carboxylic acid groups (broad SMARTS) is 1. The lowest BCUT2D eigenvalue weighted by Gasteiger charge is -2.20. The zero-order valence-electron chi connectivity index (χ0n) is 33.9. The maximum Gasteiger partial charge on any atom is 0.472 e. The highest BCUT2D eigenvalue weighted by molar-refractivity contribution is 7.47. The van der Waals surface area contributed by atoms with Gasteiger partial charge < -0.3 is 25.2 Å². The second-order valence-electron chi connectivity index (χ2n) is 14.8. The Morgan fingerprint density at radius 1 is 0.509 bits per heavy atom. The summed E-state index contributed by atoms with van der Waals surface area (Å²) in [5.41, 5.74) is 5.32. The first-order chi connectivity index (χ1) is 25.6. The molecule has 0 aliphatic carbocycles. The van der Waals surface area contributed by atoms with E-state index in [1.54, 1.807) is 0 Å². The first-order valence-electron chi connectivity index (χ1n) is 21.6. The van der Waals surface area contributed by atoms with Crippen LogP contribution in [0.3, 0.4) is 0 Å². The van der Waals surface area contributed by atoms with Gasteiger partial charge in [-0.2, -0.15) is 0 Å². The number of carbonyl (C=O) groups excluding carboxylic acids is 2. The highest BCUT2D eigenvalue weighted by atomic mass is 31.2. The molecule has 0 bridgehead atoms. The second kappa shape index (κ2) is 37.4. The number of phosphoric acid groups is 1. The molecule has 0 aliphatic rings. The van der Waals surface area contributed by atoms with E-state index in [0.717, 1.165) is 38.5 Å². The number of aliphatic carboxylic acids is 1. The number of hydrogen-bond acceptors (Lipinski definition) is 9. The van der Waals surface area contributed by atoms with Crippen LogP contribution in [0.5, 0.6) is 0 Å². The van der Waals surface area contributed by atoms with Crippen LogP contribution in [0.15, 0.2) is 0 Å². The van der Waals surface area contributed by atoms with Crippen molar-refractivity contribution in [3.8, 4) is 0 Å². The molecule has 4 N–H and O–H groups in total. The van der Waals surface area contributed by atoms with Gasteiger partial charge in [0.25, 0.3) is 0 Å². The molecule has 0 radical (unpaired) electrons. The first kappa shape index (κ1) is 51.5. The number of carboxylic acids is 1. The Morgan fingerprint density at radius 2 is 0.830 bits per heavy atom. The van der Waals surface area contributed by atoms with Gasteiger partial charge in [0.05, 0.1) is 13.2 Å². The molecule has 11 nitrogen and oxygen atoms in total. The van der Waals surface area contributed by atoms with Gasteiger partial charge in [-0.1, -0.05) is 187 Å². The van der Waals surface area contributed by atoms with Gasteiger partial charge in [-0.15, -0.1) is 0 Å². The van der Waals surface area contributed by atoms with Crippen molar-refractivity contribution in [1.82, 2.24) is 0 Å². The summed E-state index contributed by atoms with van der Waals surface area (Å²) in [4.78, 5) is 45.8. The van der Waals surface area contributed by atoms with E-state index >= 15 is 0 Å². The van der Waals surface area contributed by atoms with Crippen LogP contribution in [0.2, 0.25) is 0 Å². The lowest BCUT2D eigenvalue weighted by Crippen LogP contribution is -2.34. The van der Waals surface area contributed by atoms with Crippen LogP contribution in [0.4, 0.5) is 0 Å². The summed E-state index contributed by atoms with van der Waals surface area (Å²) in [6, 6.07) is -1.52. The minimum Gasteiger partial charge on any atom is -0.480 e. The third-order valence-corrected chi connectivity index (χ3v) is 10.6. The van der Waals surface area contributed by atoms with Gasteiger partial charge in [0, 0.05) is 12.8 Å². The topological polar surface area (TPSA) is 172 Å². The molecule has 0 rings (SSSR count). The summed E-state index contributed by atoms with van der Waals surface area (Å²) in [6.07, 6.45) is 34.7. The maximum atomic E-state index is 12.6. The molecule has 314 valence electrons. The molecule has 0 aliphatic heterocycles. The zero-order chi connectivity index (χ0) is 39.3. The van der Waals surface area contributed by atoms with Crippen LogP contribution in [0, 0.1) is 0 Å². The van der Waals surface area contributed by atoms with Crippen LogP contribution >= 0.6 is 7.82 Å². The van der Waals surface area contributed by atoms with E-state index in [0.29, 0.717) is 12.8 Å². The molecular weight excluding hydrogens is 697 g/mol. The van der Waals surface area contributed by atoms with Crippen LogP contribution in [-0.2, 0) is 37.5 Å². The number of carbonyl (C=O) groups is 3. The maximum absolute atomic E-state index is 12.6. The Bertz CT molecular complexity index is 921. The van der Waals surface area contributed by atoms with Gasteiger partial charge in [-0.25, -0.2) is 4.57 Å². The van der Waals surface area contributed by atoms with Gasteiger partial charge in [0.15, 0.2) is 6.10 Å². The second-order valence-corrected chi connectivity index (χ2v) is 16.3. The van der Waals surface area contributed by atoms with Gasteiger partial charge in [0.1, 0.15) is 12.6 Å². The third kappa shape index (κ3) is 37.2. The standard InChI is InChI=1S/C41H80NO10P/c1-3-5-7-9-11-13-14-15-16-17-18-19-20-21-22-23-25-27-29-31-33-40(44)52-37(35-50-53(47,48)51-36-38(42)41(45)46)34-49-39(43)32-30-28-26-24-12-10-8-6-4-2/h37-38H,3-36,42H2,1-2H3,(H,45,46)(H,47,48). The SMILES string of the molecule is CCCCCCCCCCCCCCCCCCCCCCC(=O)OC(COC(=O)CCCCCCCCCCC)COP(=O)(O)OCC(N)C(=O)O. The van der Waals surface area contributed by atoms with E-state index in [2.05, 4.69) is 18.4 Å². The van der Waals surface area contributed by atoms with Crippen molar-refractivity contribution >= 4 is 25.7 Å². The fraction of sp³-hybridized carbons (Fsp3) is 0.927. The monoisotopic (exact) mass is 778 g/mol. The Morgan fingerprint density at radius 3 is 1.19 bits per heavy atom. The molecule has 0 aromatic rings. The van der Waals surface area contributed by atoms with Gasteiger partial charge in [0.2, 0.25) is 0 Å².